The highest BCUT2D eigenvalue weighted by Crippen LogP contribution is 2.34. The number of aryl methyl sites for hydroxylation is 1. The molecule has 2 aromatic heterocycles. The van der Waals surface area contributed by atoms with Crippen molar-refractivity contribution in [2.75, 3.05) is 27.9 Å². The molecule has 0 aliphatic heterocycles. The number of benzene rings is 2. The SMILES string of the molecule is COC(=O)COc1ccc(S(=O)(=O)n2c(SCc3ncc(C)c(OC)c3C)nc3cc(OC)ccc32)cc1. The number of nitrogens with zero attached hydrogens (tertiary/aromatic N) is 3. The lowest BCUT2D eigenvalue weighted by Gasteiger charge is -2.13. The molecule has 2 heterocycles. The molecular formula is C26H27N3O7S2. The number of esters is 1. The van der Waals surface area contributed by atoms with Crippen LogP contribution in [0.4, 0.5) is 0 Å². The van der Waals surface area contributed by atoms with Crippen molar-refractivity contribution >= 4 is 38.8 Å². The highest BCUT2D eigenvalue weighted by molar-refractivity contribution is 7.99. The maximum Gasteiger partial charge on any atom is 0.343 e. The van der Waals surface area contributed by atoms with Crippen molar-refractivity contribution < 1.29 is 32.2 Å². The van der Waals surface area contributed by atoms with E-state index in [1.807, 2.05) is 13.8 Å². The summed E-state index contributed by atoms with van der Waals surface area (Å²) in [5.41, 5.74) is 3.44. The van der Waals surface area contributed by atoms with E-state index in [1.54, 1.807) is 31.5 Å². The van der Waals surface area contributed by atoms with Gasteiger partial charge in [0.25, 0.3) is 10.0 Å². The third-order valence-electron chi connectivity index (χ3n) is 5.83. The summed E-state index contributed by atoms with van der Waals surface area (Å²) in [4.78, 5) is 20.5. The van der Waals surface area contributed by atoms with Crippen LogP contribution < -0.4 is 14.2 Å². The van der Waals surface area contributed by atoms with Gasteiger partial charge in [0.1, 0.15) is 17.2 Å². The second-order valence-electron chi connectivity index (χ2n) is 8.19. The van der Waals surface area contributed by atoms with Crippen LogP contribution in [0, 0.1) is 13.8 Å². The number of fused-ring (bicyclic) bond motifs is 1. The summed E-state index contributed by atoms with van der Waals surface area (Å²) in [5, 5.41) is 0.278. The van der Waals surface area contributed by atoms with Gasteiger partial charge in [-0.2, -0.15) is 0 Å². The van der Waals surface area contributed by atoms with Crippen molar-refractivity contribution in [3.63, 3.8) is 0 Å². The average molecular weight is 558 g/mol. The Morgan fingerprint density at radius 3 is 2.37 bits per heavy atom. The summed E-state index contributed by atoms with van der Waals surface area (Å²) in [5.74, 6) is 1.47. The smallest absolute Gasteiger partial charge is 0.343 e. The molecule has 4 rings (SSSR count). The van der Waals surface area contributed by atoms with Gasteiger partial charge in [0.15, 0.2) is 11.8 Å². The number of carbonyl (C=O) groups excluding carboxylic acids is 1. The van der Waals surface area contributed by atoms with Crippen molar-refractivity contribution in [2.24, 2.45) is 0 Å². The number of thioether (sulfide) groups is 1. The standard InChI is InChI=1S/C26H27N3O7S2/c1-16-13-27-22(17(2)25(16)35-5)15-37-26-28-21-12-19(33-3)8-11-23(21)29(26)38(31,32)20-9-6-18(7-10-20)36-14-24(30)34-4/h6-13H,14-15H2,1-5H3. The lowest BCUT2D eigenvalue weighted by atomic mass is 10.1. The first-order valence-corrected chi connectivity index (χ1v) is 13.9. The van der Waals surface area contributed by atoms with Crippen LogP contribution in [-0.2, 0) is 25.3 Å². The molecule has 38 heavy (non-hydrogen) atoms. The van der Waals surface area contributed by atoms with Gasteiger partial charge in [-0.15, -0.1) is 0 Å². The Bertz CT molecular complexity index is 1580. The molecule has 2 aromatic carbocycles. The number of hydrogen-bond acceptors (Lipinski definition) is 10. The maximum absolute atomic E-state index is 13.9. The van der Waals surface area contributed by atoms with Gasteiger partial charge in [0.2, 0.25) is 0 Å². The predicted octanol–water partition coefficient (Wildman–Crippen LogP) is 4.15. The molecule has 200 valence electrons. The van der Waals surface area contributed by atoms with Gasteiger partial charge in [0, 0.05) is 29.1 Å². The van der Waals surface area contributed by atoms with E-state index in [4.69, 9.17) is 14.2 Å². The van der Waals surface area contributed by atoms with Crippen LogP contribution >= 0.6 is 11.8 Å². The van der Waals surface area contributed by atoms with Crippen LogP contribution in [-0.4, -0.2) is 56.3 Å². The van der Waals surface area contributed by atoms with Crippen molar-refractivity contribution in [1.82, 2.24) is 13.9 Å². The Balaban J connectivity index is 1.72. The first-order chi connectivity index (χ1) is 18.2. The van der Waals surface area contributed by atoms with E-state index in [-0.39, 0.29) is 16.7 Å². The lowest BCUT2D eigenvalue weighted by molar-refractivity contribution is -0.142. The van der Waals surface area contributed by atoms with Gasteiger partial charge in [-0.3, -0.25) is 4.98 Å². The molecule has 0 aliphatic carbocycles. The Morgan fingerprint density at radius 1 is 1.00 bits per heavy atom. The number of aromatic nitrogens is 3. The van der Waals surface area contributed by atoms with Gasteiger partial charge in [-0.1, -0.05) is 11.8 Å². The molecular weight excluding hydrogens is 530 g/mol. The molecule has 0 fully saturated rings. The van der Waals surface area contributed by atoms with Crippen LogP contribution in [0.3, 0.4) is 0 Å². The first-order valence-electron chi connectivity index (χ1n) is 11.4. The number of hydrogen-bond donors (Lipinski definition) is 0. The van der Waals surface area contributed by atoms with Crippen molar-refractivity contribution in [2.45, 2.75) is 29.7 Å². The third-order valence-corrected chi connectivity index (χ3v) is 8.61. The van der Waals surface area contributed by atoms with Crippen LogP contribution in [0.2, 0.25) is 0 Å². The third kappa shape index (κ3) is 5.41. The number of ether oxygens (including phenoxy) is 4. The van der Waals surface area contributed by atoms with Crippen molar-refractivity contribution in [1.29, 1.82) is 0 Å². The van der Waals surface area contributed by atoms with Crippen molar-refractivity contribution in [3.05, 3.63) is 65.5 Å². The van der Waals surface area contributed by atoms with E-state index in [0.717, 1.165) is 22.6 Å². The molecule has 0 saturated heterocycles. The van der Waals surface area contributed by atoms with Gasteiger partial charge in [0.05, 0.1) is 43.0 Å². The number of imidazole rings is 1. The van der Waals surface area contributed by atoms with Gasteiger partial charge in [-0.25, -0.2) is 22.2 Å². The number of pyridine rings is 1. The second-order valence-corrected chi connectivity index (χ2v) is 10.9. The molecule has 0 spiro atoms. The summed E-state index contributed by atoms with van der Waals surface area (Å²) in [6, 6.07) is 10.8. The molecule has 10 nitrogen and oxygen atoms in total. The van der Waals surface area contributed by atoms with Crippen LogP contribution in [0.1, 0.15) is 16.8 Å². The summed E-state index contributed by atoms with van der Waals surface area (Å²) in [7, 11) is 0.344. The first kappa shape index (κ1) is 27.3. The van der Waals surface area contributed by atoms with Crippen LogP contribution in [0.15, 0.2) is 58.7 Å². The average Bonchev–Trinajstić information content (AvgIpc) is 3.30. The second kappa shape index (κ2) is 11.3. The molecule has 0 atom stereocenters. The topological polar surface area (TPSA) is 119 Å². The summed E-state index contributed by atoms with van der Waals surface area (Å²) in [6.07, 6.45) is 1.73. The van der Waals surface area contributed by atoms with Crippen LogP contribution in [0.5, 0.6) is 17.2 Å². The van der Waals surface area contributed by atoms with E-state index in [0.29, 0.717) is 28.3 Å². The molecule has 4 aromatic rings. The zero-order chi connectivity index (χ0) is 27.4. The molecule has 0 N–H and O–H groups in total. The lowest BCUT2D eigenvalue weighted by Crippen LogP contribution is -2.15. The summed E-state index contributed by atoms with van der Waals surface area (Å²) < 4.78 is 49.7. The van der Waals surface area contributed by atoms with Crippen LogP contribution in [0.25, 0.3) is 11.0 Å². The van der Waals surface area contributed by atoms with E-state index in [1.165, 1.54) is 54.2 Å². The zero-order valence-electron chi connectivity index (χ0n) is 21.5. The van der Waals surface area contributed by atoms with Crippen molar-refractivity contribution in [3.8, 4) is 17.2 Å². The largest absolute Gasteiger partial charge is 0.497 e. The molecule has 0 amide bonds. The monoisotopic (exact) mass is 557 g/mol. The van der Waals surface area contributed by atoms with E-state index in [9.17, 15) is 13.2 Å². The highest BCUT2D eigenvalue weighted by Gasteiger charge is 2.26. The van der Waals surface area contributed by atoms with E-state index in [2.05, 4.69) is 14.7 Å². The van der Waals surface area contributed by atoms with E-state index < -0.39 is 16.0 Å². The fourth-order valence-electron chi connectivity index (χ4n) is 3.83. The fraction of sp³-hybridized carbons (Fsp3) is 0.269. The Hall–Kier alpha value is -3.77. The zero-order valence-corrected chi connectivity index (χ0v) is 23.2. The molecule has 0 aliphatic rings. The molecule has 0 radical (unpaired) electrons. The number of rotatable bonds is 10. The molecule has 0 unspecified atom stereocenters. The van der Waals surface area contributed by atoms with Gasteiger partial charge < -0.3 is 18.9 Å². The summed E-state index contributed by atoms with van der Waals surface area (Å²) in [6.45, 7) is 3.55. The normalized spacial score (nSPS) is 11.4. The minimum atomic E-state index is -4.06. The number of carbonyl (C=O) groups is 1. The highest BCUT2D eigenvalue weighted by atomic mass is 32.2. The quantitative estimate of drug-likeness (QED) is 0.208. The Labute approximate surface area is 225 Å². The molecule has 0 bridgehead atoms. The van der Waals surface area contributed by atoms with Gasteiger partial charge >= 0.3 is 5.97 Å². The van der Waals surface area contributed by atoms with Gasteiger partial charge in [-0.05, 0) is 50.2 Å². The van der Waals surface area contributed by atoms with E-state index >= 15 is 0 Å². The fourth-order valence-corrected chi connectivity index (χ4v) is 6.57. The Kier molecular flexibility index (Phi) is 8.12. The molecule has 12 heteroatoms. The minimum absolute atomic E-state index is 0.0335. The predicted molar refractivity (Wildman–Crippen MR) is 143 cm³/mol. The Morgan fingerprint density at radius 2 is 1.71 bits per heavy atom. The maximum atomic E-state index is 13.9. The number of methoxy groups -OCH3 is 3. The summed E-state index contributed by atoms with van der Waals surface area (Å²) >= 11 is 1.25. The molecule has 0 saturated carbocycles. The minimum Gasteiger partial charge on any atom is -0.497 e.